The Morgan fingerprint density at radius 1 is 0.784 bits per heavy atom. The van der Waals surface area contributed by atoms with Crippen LogP contribution in [0.3, 0.4) is 0 Å². The highest BCUT2D eigenvalue weighted by molar-refractivity contribution is 7.92. The number of nitrogens with one attached hydrogen (secondary N) is 1. The maximum Gasteiger partial charge on any atom is 0.269 e. The van der Waals surface area contributed by atoms with E-state index in [2.05, 4.69) is 21.8 Å². The molecule has 1 saturated heterocycles. The number of hydrogen-bond donors (Lipinski definition) is 1. The zero-order valence-electron chi connectivity index (χ0n) is 20.8. The topological polar surface area (TPSA) is 88.5 Å². The van der Waals surface area contributed by atoms with E-state index in [-0.39, 0.29) is 16.5 Å². The summed E-state index contributed by atoms with van der Waals surface area (Å²) < 4.78 is 58.0. The van der Waals surface area contributed by atoms with Crippen molar-refractivity contribution in [1.82, 2.24) is 8.69 Å². The molecular weight excluding hydrogens is 506 g/mol. The molecule has 2 heterocycles. The molecule has 37 heavy (non-hydrogen) atoms. The van der Waals surface area contributed by atoms with Crippen molar-refractivity contribution >= 4 is 36.6 Å². The van der Waals surface area contributed by atoms with Crippen LogP contribution in [-0.2, 0) is 26.5 Å². The van der Waals surface area contributed by atoms with E-state index in [9.17, 15) is 16.8 Å². The normalized spacial score (nSPS) is 14.8. The minimum Gasteiger partial charge on any atom is -0.372 e. The summed E-state index contributed by atoms with van der Waals surface area (Å²) in [4.78, 5) is 2.41. The largest absolute Gasteiger partial charge is 0.372 e. The number of piperidine rings is 1. The van der Waals surface area contributed by atoms with E-state index in [1.54, 1.807) is 49.4 Å². The zero-order chi connectivity index (χ0) is 26.0. The van der Waals surface area contributed by atoms with E-state index in [0.29, 0.717) is 22.9 Å². The highest BCUT2D eigenvalue weighted by Gasteiger charge is 2.32. The lowest BCUT2D eigenvalue weighted by Crippen LogP contribution is -2.30. The van der Waals surface area contributed by atoms with Gasteiger partial charge in [-0.15, -0.1) is 0 Å². The molecule has 3 aromatic carbocycles. The molecule has 1 aliphatic rings. The van der Waals surface area contributed by atoms with Gasteiger partial charge in [-0.05, 0) is 74.1 Å². The molecule has 0 spiro atoms. The van der Waals surface area contributed by atoms with Crippen molar-refractivity contribution < 1.29 is 16.8 Å². The van der Waals surface area contributed by atoms with Crippen molar-refractivity contribution in [2.75, 3.05) is 24.5 Å². The molecule has 0 radical (unpaired) electrons. The van der Waals surface area contributed by atoms with Crippen molar-refractivity contribution in [2.24, 2.45) is 0 Å². The molecular formula is C28H31N3O4S2. The number of nitrogens with zero attached hydrogens (tertiary/aromatic N) is 2. The monoisotopic (exact) mass is 537 g/mol. The lowest BCUT2D eigenvalue weighted by Gasteiger charge is -2.28. The van der Waals surface area contributed by atoms with Crippen molar-refractivity contribution in [3.8, 4) is 0 Å². The maximum absolute atomic E-state index is 13.7. The quantitative estimate of drug-likeness (QED) is 0.352. The van der Waals surface area contributed by atoms with Crippen LogP contribution < -0.4 is 9.62 Å². The molecule has 0 unspecified atom stereocenters. The standard InChI is InChI=1S/C28H31N3O4S2/c1-22-26-12-6-7-13-27(26)31(37(34,35)25-10-4-2-5-11-25)28(22)36(32,33)29-19-18-23-14-16-24(17-15-23)30-20-8-3-9-21-30/h2,4-7,10-17,29H,3,8-9,18-21H2,1H3. The third-order valence-corrected chi connectivity index (χ3v) is 10.4. The Bertz CT molecular complexity index is 1610. The summed E-state index contributed by atoms with van der Waals surface area (Å²) in [5.41, 5.74) is 2.93. The zero-order valence-corrected chi connectivity index (χ0v) is 22.4. The highest BCUT2D eigenvalue weighted by Crippen LogP contribution is 2.32. The van der Waals surface area contributed by atoms with E-state index < -0.39 is 20.0 Å². The Balaban J connectivity index is 1.42. The van der Waals surface area contributed by atoms with Crippen molar-refractivity contribution in [3.05, 3.63) is 90.0 Å². The molecule has 0 bridgehead atoms. The SMILES string of the molecule is Cc1c(S(=O)(=O)NCCc2ccc(N3CCCCC3)cc2)n(S(=O)(=O)c2ccccc2)c2ccccc12. The molecule has 9 heteroatoms. The molecule has 5 rings (SSSR count). The fraction of sp³-hybridized carbons (Fsp3) is 0.286. The van der Waals surface area contributed by atoms with Crippen molar-refractivity contribution in [3.63, 3.8) is 0 Å². The average Bonchev–Trinajstić information content (AvgIpc) is 3.24. The van der Waals surface area contributed by atoms with Gasteiger partial charge in [0.2, 0.25) is 0 Å². The summed E-state index contributed by atoms with van der Waals surface area (Å²) >= 11 is 0. The van der Waals surface area contributed by atoms with Crippen molar-refractivity contribution in [1.29, 1.82) is 0 Å². The molecule has 0 aliphatic carbocycles. The first-order valence-corrected chi connectivity index (χ1v) is 15.5. The molecule has 0 atom stereocenters. The van der Waals surface area contributed by atoms with Gasteiger partial charge in [-0.25, -0.2) is 25.5 Å². The molecule has 4 aromatic rings. The van der Waals surface area contributed by atoms with E-state index >= 15 is 0 Å². The van der Waals surface area contributed by atoms with E-state index in [4.69, 9.17) is 0 Å². The van der Waals surface area contributed by atoms with E-state index in [1.807, 2.05) is 12.1 Å². The van der Waals surface area contributed by atoms with Crippen LogP contribution >= 0.6 is 0 Å². The first kappa shape index (κ1) is 25.5. The minimum absolute atomic E-state index is 0.0287. The van der Waals surface area contributed by atoms with Gasteiger partial charge in [-0.1, -0.05) is 48.5 Å². The Labute approximate surface area is 218 Å². The summed E-state index contributed by atoms with van der Waals surface area (Å²) in [5.74, 6) is 0. The summed E-state index contributed by atoms with van der Waals surface area (Å²) in [6, 6.07) is 23.0. The van der Waals surface area contributed by atoms with Crippen molar-refractivity contribution in [2.45, 2.75) is 42.5 Å². The Morgan fingerprint density at radius 2 is 1.43 bits per heavy atom. The molecule has 1 fully saturated rings. The summed E-state index contributed by atoms with van der Waals surface area (Å²) in [5, 5.41) is 0.327. The number of fused-ring (bicyclic) bond motifs is 1. The summed E-state index contributed by atoms with van der Waals surface area (Å²) in [6.45, 7) is 3.93. The average molecular weight is 538 g/mol. The van der Waals surface area contributed by atoms with Gasteiger partial charge in [0.25, 0.3) is 20.0 Å². The molecule has 194 valence electrons. The van der Waals surface area contributed by atoms with Crippen LogP contribution in [0.1, 0.15) is 30.4 Å². The van der Waals surface area contributed by atoms with Crippen LogP contribution in [0.25, 0.3) is 10.9 Å². The first-order chi connectivity index (χ1) is 17.8. The third kappa shape index (κ3) is 5.03. The van der Waals surface area contributed by atoms with Crippen LogP contribution in [0.15, 0.2) is 88.8 Å². The molecule has 7 nitrogen and oxygen atoms in total. The number of aryl methyl sites for hydroxylation is 1. The second kappa shape index (κ2) is 10.3. The Kier molecular flexibility index (Phi) is 7.11. The van der Waals surface area contributed by atoms with Crippen LogP contribution in [0.5, 0.6) is 0 Å². The predicted molar refractivity (Wildman–Crippen MR) is 147 cm³/mol. The molecule has 0 saturated carbocycles. The minimum atomic E-state index is -4.16. The fourth-order valence-corrected chi connectivity index (χ4v) is 8.43. The van der Waals surface area contributed by atoms with Gasteiger partial charge >= 0.3 is 0 Å². The van der Waals surface area contributed by atoms with Gasteiger partial charge in [-0.2, -0.15) is 0 Å². The molecule has 1 aromatic heterocycles. The summed E-state index contributed by atoms with van der Waals surface area (Å²) in [7, 11) is -8.30. The van der Waals surface area contributed by atoms with E-state index in [0.717, 1.165) is 22.6 Å². The number of aromatic nitrogens is 1. The van der Waals surface area contributed by atoms with Gasteiger partial charge in [0, 0.05) is 30.7 Å². The molecule has 1 N–H and O–H groups in total. The summed E-state index contributed by atoms with van der Waals surface area (Å²) in [6.07, 6.45) is 4.18. The number of benzene rings is 3. The first-order valence-electron chi connectivity index (χ1n) is 12.5. The second-order valence-electron chi connectivity index (χ2n) is 9.39. The van der Waals surface area contributed by atoms with Gasteiger partial charge in [0.1, 0.15) is 0 Å². The molecule has 0 amide bonds. The smallest absolute Gasteiger partial charge is 0.269 e. The third-order valence-electron chi connectivity index (χ3n) is 6.93. The lowest BCUT2D eigenvalue weighted by molar-refractivity contribution is 0.565. The van der Waals surface area contributed by atoms with Crippen LogP contribution in [0, 0.1) is 6.92 Å². The Hall–Kier alpha value is -3.14. The van der Waals surface area contributed by atoms with Crippen LogP contribution in [-0.4, -0.2) is 40.4 Å². The highest BCUT2D eigenvalue weighted by atomic mass is 32.2. The number of anilines is 1. The number of sulfonamides is 1. The predicted octanol–water partition coefficient (Wildman–Crippen LogP) is 4.70. The van der Waals surface area contributed by atoms with Crippen LogP contribution in [0.4, 0.5) is 5.69 Å². The van der Waals surface area contributed by atoms with Gasteiger partial charge in [0.15, 0.2) is 5.03 Å². The lowest BCUT2D eigenvalue weighted by atomic mass is 10.1. The number of hydrogen-bond acceptors (Lipinski definition) is 5. The second-order valence-corrected chi connectivity index (χ2v) is 12.9. The molecule has 1 aliphatic heterocycles. The van der Waals surface area contributed by atoms with E-state index in [1.165, 1.54) is 37.1 Å². The van der Waals surface area contributed by atoms with Gasteiger partial charge in [0.05, 0.1) is 10.4 Å². The van der Waals surface area contributed by atoms with Gasteiger partial charge in [-0.3, -0.25) is 0 Å². The van der Waals surface area contributed by atoms with Gasteiger partial charge < -0.3 is 4.90 Å². The fourth-order valence-electron chi connectivity index (χ4n) is 5.02. The maximum atomic E-state index is 13.7. The number of para-hydroxylation sites is 1. The number of rotatable bonds is 8. The Morgan fingerprint density at radius 3 is 2.14 bits per heavy atom. The van der Waals surface area contributed by atoms with Crippen LogP contribution in [0.2, 0.25) is 0 Å².